The third kappa shape index (κ3) is 5.64. The number of benzene rings is 8. The van der Waals surface area contributed by atoms with Crippen molar-refractivity contribution in [1.82, 2.24) is 4.57 Å². The highest BCUT2D eigenvalue weighted by molar-refractivity contribution is 6.10. The Hall–Kier alpha value is -7.16. The predicted molar refractivity (Wildman–Crippen MR) is 241 cm³/mol. The van der Waals surface area contributed by atoms with Crippen LogP contribution in [-0.4, -0.2) is 4.57 Å². The van der Waals surface area contributed by atoms with E-state index >= 15 is 0 Å². The summed E-state index contributed by atoms with van der Waals surface area (Å²) in [6.07, 6.45) is 5.85. The number of nitrogens with one attached hydrogen (secondary N) is 1. The molecule has 1 aliphatic carbocycles. The van der Waals surface area contributed by atoms with Gasteiger partial charge in [0.1, 0.15) is 0 Å². The lowest BCUT2D eigenvalue weighted by Gasteiger charge is -2.34. The Bertz CT molecular complexity index is 3070. The molecule has 2 aliphatic rings. The summed E-state index contributed by atoms with van der Waals surface area (Å²) in [7, 11) is 0. The molecule has 2 heterocycles. The summed E-state index contributed by atoms with van der Waals surface area (Å²) < 4.78 is 2.44. The minimum Gasteiger partial charge on any atom is -0.355 e. The van der Waals surface area contributed by atoms with Crippen LogP contribution in [0.1, 0.15) is 30.0 Å². The van der Waals surface area contributed by atoms with Gasteiger partial charge in [-0.15, -0.1) is 0 Å². The van der Waals surface area contributed by atoms with Gasteiger partial charge in [-0.25, -0.2) is 0 Å². The molecule has 11 rings (SSSR count). The first-order valence-corrected chi connectivity index (χ1v) is 19.9. The number of allylic oxidation sites excluding steroid dienone is 4. The largest absolute Gasteiger partial charge is 0.355 e. The molecule has 0 fully saturated rings. The minimum absolute atomic E-state index is 0.262. The van der Waals surface area contributed by atoms with Crippen LogP contribution < -0.4 is 5.32 Å². The smallest absolute Gasteiger partial charge is 0.0541 e. The van der Waals surface area contributed by atoms with E-state index in [0.717, 1.165) is 23.5 Å². The molecule has 8 aromatic carbocycles. The fourth-order valence-corrected chi connectivity index (χ4v) is 9.31. The summed E-state index contributed by atoms with van der Waals surface area (Å²) in [6.45, 7) is 2.42. The van der Waals surface area contributed by atoms with Gasteiger partial charge in [0.15, 0.2) is 0 Å². The van der Waals surface area contributed by atoms with Crippen LogP contribution in [0, 0.1) is 0 Å². The van der Waals surface area contributed by atoms with Gasteiger partial charge in [0.05, 0.1) is 11.0 Å². The van der Waals surface area contributed by atoms with E-state index in [-0.39, 0.29) is 5.41 Å². The van der Waals surface area contributed by atoms with Crippen molar-refractivity contribution < 1.29 is 0 Å². The summed E-state index contributed by atoms with van der Waals surface area (Å²) in [6, 6.07) is 70.9. The van der Waals surface area contributed by atoms with Crippen molar-refractivity contribution in [2.75, 3.05) is 5.32 Å². The number of anilines is 2. The van der Waals surface area contributed by atoms with Crippen LogP contribution in [0.4, 0.5) is 11.4 Å². The molecule has 1 aliphatic heterocycles. The molecule has 2 bridgehead atoms. The molecule has 0 radical (unpaired) electrons. The third-order valence-electron chi connectivity index (χ3n) is 12.1. The standard InChI is InChI=1S/C55H40N2/c1-55(35-41-32-42(36-55)46-19-7-10-23-51(46)56-52-24-11-8-21-48(52)47-20-6-5-18-45(41)47)43-30-31-54-50(34-43)49-22-9-12-25-53(49)57(54)44-17-13-16-40(33-44)39-28-26-38(27-29-39)37-14-3-2-4-15-37/h2-35,56H,36H2,1H3. The highest BCUT2D eigenvalue weighted by Crippen LogP contribution is 2.49. The van der Waals surface area contributed by atoms with Crippen LogP contribution in [0.5, 0.6) is 0 Å². The maximum absolute atomic E-state index is 3.85. The number of aromatic nitrogens is 1. The quantitative estimate of drug-likeness (QED) is 0.191. The predicted octanol–water partition coefficient (Wildman–Crippen LogP) is 14.7. The number of nitrogens with zero attached hydrogens (tertiary/aromatic N) is 1. The van der Waals surface area contributed by atoms with Crippen LogP contribution in [0.15, 0.2) is 206 Å². The van der Waals surface area contributed by atoms with Gasteiger partial charge in [0.25, 0.3) is 0 Å². The van der Waals surface area contributed by atoms with Crippen LogP contribution in [0.2, 0.25) is 0 Å². The second kappa shape index (κ2) is 13.3. The van der Waals surface area contributed by atoms with Gasteiger partial charge in [-0.2, -0.15) is 0 Å². The molecular formula is C55H40N2. The lowest BCUT2D eigenvalue weighted by Crippen LogP contribution is -2.23. The van der Waals surface area contributed by atoms with E-state index in [9.17, 15) is 0 Å². The Labute approximate surface area is 333 Å². The zero-order valence-corrected chi connectivity index (χ0v) is 31.8. The van der Waals surface area contributed by atoms with Crippen molar-refractivity contribution in [3.8, 4) is 39.1 Å². The van der Waals surface area contributed by atoms with E-state index in [1.165, 1.54) is 83.0 Å². The zero-order valence-electron chi connectivity index (χ0n) is 31.8. The van der Waals surface area contributed by atoms with Crippen LogP contribution in [0.25, 0.3) is 72.0 Å². The van der Waals surface area contributed by atoms with Crippen LogP contribution in [-0.2, 0) is 5.41 Å². The number of hydrogen-bond acceptors (Lipinski definition) is 1. The third-order valence-corrected chi connectivity index (χ3v) is 12.1. The SMILES string of the molecule is CC1(c2ccc3c(c2)c2ccccc2n3-c2cccc(-c3ccc(-c4ccccc4)cc3)c2)C=C2C=C(C1)c1ccccc1Nc1ccccc1-c1ccccc12. The Kier molecular flexibility index (Phi) is 7.72. The fourth-order valence-electron chi connectivity index (χ4n) is 9.31. The summed E-state index contributed by atoms with van der Waals surface area (Å²) in [5.74, 6) is 0. The summed E-state index contributed by atoms with van der Waals surface area (Å²) >= 11 is 0. The number of fused-ring (bicyclic) bond motifs is 10. The second-order valence-electron chi connectivity index (χ2n) is 15.7. The summed E-state index contributed by atoms with van der Waals surface area (Å²) in [4.78, 5) is 0. The van der Waals surface area contributed by atoms with E-state index in [2.05, 4.69) is 223 Å². The molecule has 0 saturated heterocycles. The number of hydrogen-bond donors (Lipinski definition) is 1. The van der Waals surface area contributed by atoms with E-state index in [4.69, 9.17) is 0 Å². The lowest BCUT2D eigenvalue weighted by molar-refractivity contribution is 0.612. The molecule has 0 amide bonds. The zero-order chi connectivity index (χ0) is 37.9. The van der Waals surface area contributed by atoms with Crippen molar-refractivity contribution in [2.24, 2.45) is 0 Å². The monoisotopic (exact) mass is 728 g/mol. The molecule has 57 heavy (non-hydrogen) atoms. The van der Waals surface area contributed by atoms with Crippen molar-refractivity contribution in [3.05, 3.63) is 223 Å². The van der Waals surface area contributed by atoms with Gasteiger partial charge in [-0.05, 0) is 99.0 Å². The maximum atomic E-state index is 3.85. The first-order valence-electron chi connectivity index (χ1n) is 19.9. The van der Waals surface area contributed by atoms with E-state index in [1.54, 1.807) is 0 Å². The Balaban J connectivity index is 1.04. The van der Waals surface area contributed by atoms with Gasteiger partial charge < -0.3 is 9.88 Å². The summed E-state index contributed by atoms with van der Waals surface area (Å²) in [5, 5.41) is 6.38. The summed E-state index contributed by atoms with van der Waals surface area (Å²) in [5.41, 5.74) is 19.3. The molecule has 1 aromatic heterocycles. The molecule has 1 atom stereocenters. The van der Waals surface area contributed by atoms with E-state index < -0.39 is 0 Å². The minimum atomic E-state index is -0.262. The first kappa shape index (κ1) is 33.2. The Morgan fingerprint density at radius 2 is 1.05 bits per heavy atom. The maximum Gasteiger partial charge on any atom is 0.0541 e. The molecule has 0 saturated carbocycles. The number of rotatable bonds is 4. The second-order valence-corrected chi connectivity index (χ2v) is 15.7. The molecule has 1 unspecified atom stereocenters. The number of para-hydroxylation sites is 3. The molecule has 9 aromatic rings. The lowest BCUT2D eigenvalue weighted by atomic mass is 9.70. The molecule has 2 nitrogen and oxygen atoms in total. The van der Waals surface area contributed by atoms with Crippen molar-refractivity contribution in [2.45, 2.75) is 18.8 Å². The van der Waals surface area contributed by atoms with Gasteiger partial charge in [-0.3, -0.25) is 0 Å². The molecule has 1 N–H and O–H groups in total. The fraction of sp³-hybridized carbons (Fsp3) is 0.0545. The Morgan fingerprint density at radius 1 is 0.456 bits per heavy atom. The first-order chi connectivity index (χ1) is 28.1. The van der Waals surface area contributed by atoms with Crippen molar-refractivity contribution >= 4 is 44.3 Å². The van der Waals surface area contributed by atoms with Gasteiger partial charge in [-0.1, -0.05) is 171 Å². The molecular weight excluding hydrogens is 689 g/mol. The molecule has 270 valence electrons. The molecule has 2 heteroatoms. The van der Waals surface area contributed by atoms with Gasteiger partial charge in [0.2, 0.25) is 0 Å². The highest BCUT2D eigenvalue weighted by Gasteiger charge is 2.33. The van der Waals surface area contributed by atoms with Crippen LogP contribution >= 0.6 is 0 Å². The highest BCUT2D eigenvalue weighted by atomic mass is 15.0. The van der Waals surface area contributed by atoms with Gasteiger partial charge >= 0.3 is 0 Å². The van der Waals surface area contributed by atoms with Gasteiger partial charge in [0, 0.05) is 44.4 Å². The molecule has 0 spiro atoms. The van der Waals surface area contributed by atoms with Crippen LogP contribution in [0.3, 0.4) is 0 Å². The topological polar surface area (TPSA) is 17.0 Å². The van der Waals surface area contributed by atoms with Crippen molar-refractivity contribution in [3.63, 3.8) is 0 Å². The van der Waals surface area contributed by atoms with E-state index in [0.29, 0.717) is 0 Å². The normalized spacial score (nSPS) is 15.8. The van der Waals surface area contributed by atoms with Crippen molar-refractivity contribution in [1.29, 1.82) is 0 Å². The average molecular weight is 729 g/mol. The average Bonchev–Trinajstić information content (AvgIpc) is 3.61. The Morgan fingerprint density at radius 3 is 1.86 bits per heavy atom. The van der Waals surface area contributed by atoms with E-state index in [1.807, 2.05) is 0 Å².